The van der Waals surface area contributed by atoms with E-state index in [2.05, 4.69) is 9.88 Å². The van der Waals surface area contributed by atoms with E-state index in [-0.39, 0.29) is 11.8 Å². The summed E-state index contributed by atoms with van der Waals surface area (Å²) in [7, 11) is -0.890. The topological polar surface area (TPSA) is 76.3 Å². The molecule has 1 fully saturated rings. The van der Waals surface area contributed by atoms with Gasteiger partial charge in [-0.05, 0) is 25.1 Å². The Labute approximate surface area is 108 Å². The van der Waals surface area contributed by atoms with Gasteiger partial charge in [-0.3, -0.25) is 9.88 Å². The molecule has 2 rings (SSSR count). The van der Waals surface area contributed by atoms with Gasteiger partial charge in [-0.2, -0.15) is 0 Å². The van der Waals surface area contributed by atoms with E-state index in [0.29, 0.717) is 25.3 Å². The van der Waals surface area contributed by atoms with Crippen LogP contribution in [0.25, 0.3) is 0 Å². The van der Waals surface area contributed by atoms with Gasteiger partial charge in [0.05, 0.1) is 17.2 Å². The van der Waals surface area contributed by atoms with E-state index >= 15 is 0 Å². The van der Waals surface area contributed by atoms with Crippen molar-refractivity contribution in [2.45, 2.75) is 25.6 Å². The maximum absolute atomic E-state index is 11.5. The molecule has 6 heteroatoms. The normalized spacial score (nSPS) is 22.5. The van der Waals surface area contributed by atoms with Crippen LogP contribution in [0.3, 0.4) is 0 Å². The van der Waals surface area contributed by atoms with Gasteiger partial charge in [-0.15, -0.1) is 0 Å². The van der Waals surface area contributed by atoms with E-state index in [1.54, 1.807) is 6.20 Å². The molecule has 0 spiro atoms. The maximum Gasteiger partial charge on any atom is 0.151 e. The fourth-order valence-electron chi connectivity index (χ4n) is 2.29. The van der Waals surface area contributed by atoms with E-state index in [4.69, 9.17) is 5.73 Å². The lowest BCUT2D eigenvalue weighted by Crippen LogP contribution is -2.32. The zero-order valence-corrected chi connectivity index (χ0v) is 11.4. The van der Waals surface area contributed by atoms with Gasteiger partial charge in [-0.1, -0.05) is 6.07 Å². The van der Waals surface area contributed by atoms with E-state index in [0.717, 1.165) is 11.3 Å². The number of nitrogens with zero attached hydrogens (tertiary/aromatic N) is 2. The molecule has 1 atom stereocenters. The van der Waals surface area contributed by atoms with E-state index in [1.165, 1.54) is 0 Å². The summed E-state index contributed by atoms with van der Waals surface area (Å²) >= 11 is 0. The van der Waals surface area contributed by atoms with Crippen molar-refractivity contribution in [3.8, 4) is 0 Å². The number of hydrogen-bond donors (Lipinski definition) is 1. The molecule has 5 nitrogen and oxygen atoms in total. The SMILES string of the molecule is CN(Cc1ncccc1CN)C1CCS(=O)(=O)C1. The molecule has 0 radical (unpaired) electrons. The van der Waals surface area contributed by atoms with Crippen LogP contribution in [-0.4, -0.2) is 42.9 Å². The number of sulfone groups is 1. The molecule has 0 bridgehead atoms. The minimum atomic E-state index is -2.84. The van der Waals surface area contributed by atoms with Crippen LogP contribution in [0.1, 0.15) is 17.7 Å². The second-order valence-electron chi connectivity index (χ2n) is 4.79. The van der Waals surface area contributed by atoms with Crippen LogP contribution in [0, 0.1) is 0 Å². The summed E-state index contributed by atoms with van der Waals surface area (Å²) in [6.45, 7) is 1.10. The molecule has 2 N–H and O–H groups in total. The Kier molecular flexibility index (Phi) is 3.99. The quantitative estimate of drug-likeness (QED) is 0.842. The first-order valence-corrected chi connectivity index (χ1v) is 7.87. The molecule has 1 aliphatic heterocycles. The Morgan fingerprint density at radius 3 is 2.94 bits per heavy atom. The standard InChI is InChI=1S/C12H19N3O2S/c1-15(11-4-6-18(16,17)9-11)8-12-10(7-13)3-2-5-14-12/h2-3,5,11H,4,6-9,13H2,1H3. The predicted molar refractivity (Wildman–Crippen MR) is 70.7 cm³/mol. The van der Waals surface area contributed by atoms with Crippen molar-refractivity contribution in [3.05, 3.63) is 29.6 Å². The minimum Gasteiger partial charge on any atom is -0.326 e. The first kappa shape index (κ1) is 13.5. The smallest absolute Gasteiger partial charge is 0.151 e. The third-order valence-electron chi connectivity index (χ3n) is 3.44. The third-order valence-corrected chi connectivity index (χ3v) is 5.19. The lowest BCUT2D eigenvalue weighted by atomic mass is 10.1. The van der Waals surface area contributed by atoms with Crippen molar-refractivity contribution >= 4 is 9.84 Å². The van der Waals surface area contributed by atoms with Crippen molar-refractivity contribution in [2.24, 2.45) is 5.73 Å². The maximum atomic E-state index is 11.5. The van der Waals surface area contributed by atoms with Gasteiger partial charge >= 0.3 is 0 Å². The van der Waals surface area contributed by atoms with Gasteiger partial charge in [0.15, 0.2) is 9.84 Å². The molecular weight excluding hydrogens is 250 g/mol. The second kappa shape index (κ2) is 5.34. The highest BCUT2D eigenvalue weighted by Gasteiger charge is 2.30. The summed E-state index contributed by atoms with van der Waals surface area (Å²) in [5.41, 5.74) is 7.62. The molecule has 1 aliphatic rings. The molecule has 0 aliphatic carbocycles. The highest BCUT2D eigenvalue weighted by molar-refractivity contribution is 7.91. The number of hydrogen-bond acceptors (Lipinski definition) is 5. The molecule has 0 saturated carbocycles. The summed E-state index contributed by atoms with van der Waals surface area (Å²) in [6.07, 6.45) is 2.46. The molecular formula is C12H19N3O2S. The highest BCUT2D eigenvalue weighted by atomic mass is 32.2. The van der Waals surface area contributed by atoms with Crippen molar-refractivity contribution in [3.63, 3.8) is 0 Å². The van der Waals surface area contributed by atoms with E-state index < -0.39 is 9.84 Å². The van der Waals surface area contributed by atoms with Gasteiger partial charge in [0.2, 0.25) is 0 Å². The lowest BCUT2D eigenvalue weighted by Gasteiger charge is -2.23. The van der Waals surface area contributed by atoms with Crippen LogP contribution < -0.4 is 5.73 Å². The van der Waals surface area contributed by atoms with Gasteiger partial charge in [0.25, 0.3) is 0 Å². The summed E-state index contributed by atoms with van der Waals surface area (Å²) in [4.78, 5) is 6.39. The molecule has 1 unspecified atom stereocenters. The molecule has 1 aromatic rings. The zero-order chi connectivity index (χ0) is 13.2. The minimum absolute atomic E-state index is 0.0997. The number of pyridine rings is 1. The predicted octanol–water partition coefficient (Wildman–Crippen LogP) is 0.159. The van der Waals surface area contributed by atoms with E-state index in [1.807, 2.05) is 19.2 Å². The lowest BCUT2D eigenvalue weighted by molar-refractivity contribution is 0.250. The van der Waals surface area contributed by atoms with Crippen molar-refractivity contribution in [2.75, 3.05) is 18.6 Å². The molecule has 18 heavy (non-hydrogen) atoms. The van der Waals surface area contributed by atoms with Gasteiger partial charge in [-0.25, -0.2) is 8.42 Å². The van der Waals surface area contributed by atoms with Crippen LogP contribution >= 0.6 is 0 Å². The van der Waals surface area contributed by atoms with Crippen LogP contribution in [-0.2, 0) is 22.9 Å². The number of rotatable bonds is 4. The second-order valence-corrected chi connectivity index (χ2v) is 7.01. The molecule has 0 amide bonds. The molecule has 1 saturated heterocycles. The summed E-state index contributed by atoms with van der Waals surface area (Å²) in [5.74, 6) is 0.558. The monoisotopic (exact) mass is 269 g/mol. The Morgan fingerprint density at radius 1 is 1.56 bits per heavy atom. The molecule has 1 aromatic heterocycles. The molecule has 0 aromatic carbocycles. The van der Waals surface area contributed by atoms with Crippen LogP contribution in [0.4, 0.5) is 0 Å². The fraction of sp³-hybridized carbons (Fsp3) is 0.583. The van der Waals surface area contributed by atoms with Crippen LogP contribution in [0.15, 0.2) is 18.3 Å². The Hall–Kier alpha value is -0.980. The first-order valence-electron chi connectivity index (χ1n) is 6.05. The molecule has 100 valence electrons. The van der Waals surface area contributed by atoms with Crippen molar-refractivity contribution in [1.82, 2.24) is 9.88 Å². The van der Waals surface area contributed by atoms with Crippen molar-refractivity contribution < 1.29 is 8.42 Å². The Morgan fingerprint density at radius 2 is 2.33 bits per heavy atom. The van der Waals surface area contributed by atoms with Crippen LogP contribution in [0.2, 0.25) is 0 Å². The number of aromatic nitrogens is 1. The number of nitrogens with two attached hydrogens (primary N) is 1. The average Bonchev–Trinajstić information content (AvgIpc) is 2.70. The van der Waals surface area contributed by atoms with Crippen molar-refractivity contribution in [1.29, 1.82) is 0 Å². The first-order chi connectivity index (χ1) is 8.52. The summed E-state index contributed by atoms with van der Waals surface area (Å²) < 4.78 is 22.9. The summed E-state index contributed by atoms with van der Waals surface area (Å²) in [6, 6.07) is 3.93. The van der Waals surface area contributed by atoms with Gasteiger partial charge in [0, 0.05) is 25.3 Å². The molecule has 2 heterocycles. The average molecular weight is 269 g/mol. The van der Waals surface area contributed by atoms with Gasteiger partial charge < -0.3 is 5.73 Å². The fourth-order valence-corrected chi connectivity index (χ4v) is 4.09. The Bertz CT molecular complexity index is 516. The van der Waals surface area contributed by atoms with Gasteiger partial charge in [0.1, 0.15) is 0 Å². The summed E-state index contributed by atoms with van der Waals surface area (Å²) in [5, 5.41) is 0. The largest absolute Gasteiger partial charge is 0.326 e. The van der Waals surface area contributed by atoms with E-state index in [9.17, 15) is 8.42 Å². The van der Waals surface area contributed by atoms with Crippen LogP contribution in [0.5, 0.6) is 0 Å². The zero-order valence-electron chi connectivity index (χ0n) is 10.5. The highest BCUT2D eigenvalue weighted by Crippen LogP contribution is 2.18. The third kappa shape index (κ3) is 3.07. The Balaban J connectivity index is 2.05.